The molecule has 0 saturated carbocycles. The molecule has 1 fully saturated rings. The second kappa shape index (κ2) is 11.2. The van der Waals surface area contributed by atoms with Gasteiger partial charge in [0.05, 0.1) is 11.9 Å². The molecule has 3 aromatic heterocycles. The van der Waals surface area contributed by atoms with E-state index in [0.717, 1.165) is 86.7 Å². The smallest absolute Gasteiger partial charge is 0.247 e. The first-order chi connectivity index (χ1) is 20.7. The third-order valence-electron chi connectivity index (χ3n) is 9.06. The second-order valence-corrected chi connectivity index (χ2v) is 11.7. The Morgan fingerprint density at radius 1 is 1.02 bits per heavy atom. The van der Waals surface area contributed by atoms with Gasteiger partial charge in [0.25, 0.3) is 0 Å². The van der Waals surface area contributed by atoms with Gasteiger partial charge in [-0.25, -0.2) is 4.98 Å². The number of aromatic nitrogens is 4. The minimum Gasteiger partial charge on any atom is -0.369 e. The van der Waals surface area contributed by atoms with E-state index in [1.807, 2.05) is 43.2 Å². The lowest BCUT2D eigenvalue weighted by molar-refractivity contribution is -0.111. The molecule has 2 N–H and O–H groups in total. The van der Waals surface area contributed by atoms with Crippen molar-refractivity contribution in [2.24, 2.45) is 7.05 Å². The van der Waals surface area contributed by atoms with Crippen LogP contribution in [0.15, 0.2) is 67.5 Å². The molecule has 1 saturated heterocycles. The zero-order valence-corrected chi connectivity index (χ0v) is 25.8. The molecule has 0 unspecified atom stereocenters. The number of carbonyl (C=O) groups excluding carboxylic acids is 1. The van der Waals surface area contributed by atoms with Crippen molar-refractivity contribution in [2.45, 2.75) is 33.7 Å². The molecule has 0 spiro atoms. The summed E-state index contributed by atoms with van der Waals surface area (Å²) >= 11 is 0. The van der Waals surface area contributed by atoms with Crippen molar-refractivity contribution < 1.29 is 4.79 Å². The van der Waals surface area contributed by atoms with E-state index >= 15 is 0 Å². The Hall–Kier alpha value is -4.69. The summed E-state index contributed by atoms with van der Waals surface area (Å²) in [4.78, 5) is 25.7. The van der Waals surface area contributed by atoms with Gasteiger partial charge in [-0.3, -0.25) is 9.48 Å². The van der Waals surface area contributed by atoms with E-state index in [1.54, 1.807) is 0 Å². The standard InChI is InChI=1S/C35H39N7O/c1-8-31(43)38-30-17-26(10-9-21(30)2)33-32-23(4)28(29-19-37-41(7)24(29)5)18-36-35(32)39-34(33)25-11-13-27(14-12-25)42-16-15-40(6)22(3)20-42/h8-14,17-19,22H,1,15-16,20H2,2-7H3,(H,36,39)(H,38,43)/t22-/m1/s1. The number of piperazine rings is 1. The van der Waals surface area contributed by atoms with Gasteiger partial charge in [0.15, 0.2) is 0 Å². The van der Waals surface area contributed by atoms with Gasteiger partial charge in [0, 0.05) is 78.1 Å². The summed E-state index contributed by atoms with van der Waals surface area (Å²) < 4.78 is 1.89. The summed E-state index contributed by atoms with van der Waals surface area (Å²) in [5.41, 5.74) is 12.2. The third-order valence-corrected chi connectivity index (χ3v) is 9.06. The topological polar surface area (TPSA) is 82.1 Å². The SMILES string of the molecule is C=CC(=O)Nc1cc(-c2c(-c3ccc(N4CCN(C)[C@H](C)C4)cc3)[nH]c3ncc(-c4cnn(C)c4C)c(C)c23)ccc1C. The molecule has 8 heteroatoms. The summed E-state index contributed by atoms with van der Waals surface area (Å²) in [5.74, 6) is -0.236. The number of anilines is 2. The zero-order valence-electron chi connectivity index (χ0n) is 25.8. The summed E-state index contributed by atoms with van der Waals surface area (Å²) in [5, 5.41) is 8.52. The van der Waals surface area contributed by atoms with Crippen molar-refractivity contribution in [3.05, 3.63) is 84.3 Å². The fraction of sp³-hybridized carbons (Fsp3) is 0.286. The van der Waals surface area contributed by atoms with E-state index < -0.39 is 0 Å². The molecule has 1 aliphatic rings. The van der Waals surface area contributed by atoms with Crippen molar-refractivity contribution in [2.75, 3.05) is 36.9 Å². The van der Waals surface area contributed by atoms with Crippen LogP contribution in [0.5, 0.6) is 0 Å². The summed E-state index contributed by atoms with van der Waals surface area (Å²) in [6.07, 6.45) is 5.14. The molecule has 4 heterocycles. The molecule has 6 rings (SSSR count). The lowest BCUT2D eigenvalue weighted by Gasteiger charge is -2.39. The number of hydrogen-bond donors (Lipinski definition) is 2. The Labute approximate surface area is 253 Å². The normalized spacial score (nSPS) is 15.7. The van der Waals surface area contributed by atoms with Gasteiger partial charge in [-0.15, -0.1) is 0 Å². The van der Waals surface area contributed by atoms with Gasteiger partial charge in [-0.05, 0) is 81.3 Å². The maximum atomic E-state index is 12.3. The van der Waals surface area contributed by atoms with Crippen LogP contribution in [0.2, 0.25) is 0 Å². The Kier molecular flexibility index (Phi) is 7.40. The first-order valence-corrected chi connectivity index (χ1v) is 14.8. The van der Waals surface area contributed by atoms with E-state index in [-0.39, 0.29) is 5.91 Å². The molecule has 43 heavy (non-hydrogen) atoms. The Balaban J connectivity index is 1.52. The van der Waals surface area contributed by atoms with Crippen molar-refractivity contribution >= 4 is 28.3 Å². The lowest BCUT2D eigenvalue weighted by Crippen LogP contribution is -2.50. The number of pyridine rings is 1. The van der Waals surface area contributed by atoms with Crippen molar-refractivity contribution in [1.82, 2.24) is 24.6 Å². The molecular weight excluding hydrogens is 534 g/mol. The number of aromatic amines is 1. The van der Waals surface area contributed by atoms with Crippen LogP contribution in [0, 0.1) is 20.8 Å². The second-order valence-electron chi connectivity index (χ2n) is 11.7. The van der Waals surface area contributed by atoms with E-state index in [2.05, 4.69) is 89.9 Å². The lowest BCUT2D eigenvalue weighted by atomic mass is 9.93. The van der Waals surface area contributed by atoms with Gasteiger partial charge >= 0.3 is 0 Å². The number of nitrogens with zero attached hydrogens (tertiary/aromatic N) is 5. The van der Waals surface area contributed by atoms with Crippen molar-refractivity contribution in [1.29, 1.82) is 0 Å². The highest BCUT2D eigenvalue weighted by molar-refractivity contribution is 6.07. The average Bonchev–Trinajstić information content (AvgIpc) is 3.56. The van der Waals surface area contributed by atoms with Crippen LogP contribution in [-0.2, 0) is 11.8 Å². The largest absolute Gasteiger partial charge is 0.369 e. The number of H-pyrrole nitrogens is 1. The van der Waals surface area contributed by atoms with Gasteiger partial charge in [0.1, 0.15) is 5.65 Å². The first kappa shape index (κ1) is 28.4. The average molecular weight is 574 g/mol. The first-order valence-electron chi connectivity index (χ1n) is 14.8. The summed E-state index contributed by atoms with van der Waals surface area (Å²) in [6.45, 7) is 15.2. The van der Waals surface area contributed by atoms with E-state index in [4.69, 9.17) is 4.98 Å². The predicted octanol–water partition coefficient (Wildman–Crippen LogP) is 6.49. The fourth-order valence-electron chi connectivity index (χ4n) is 6.07. The van der Waals surface area contributed by atoms with E-state index in [1.165, 1.54) is 11.8 Å². The quantitative estimate of drug-likeness (QED) is 0.227. The van der Waals surface area contributed by atoms with E-state index in [9.17, 15) is 4.79 Å². The summed E-state index contributed by atoms with van der Waals surface area (Å²) in [7, 11) is 4.15. The number of likely N-dealkylation sites (N-methyl/N-ethyl adjacent to an activating group) is 1. The van der Waals surface area contributed by atoms with Crippen LogP contribution in [0.25, 0.3) is 44.5 Å². The number of fused-ring (bicyclic) bond motifs is 1. The number of nitrogens with one attached hydrogen (secondary N) is 2. The van der Waals surface area contributed by atoms with Crippen molar-refractivity contribution in [3.63, 3.8) is 0 Å². The number of carbonyl (C=O) groups is 1. The maximum Gasteiger partial charge on any atom is 0.247 e. The number of hydrogen-bond acceptors (Lipinski definition) is 5. The van der Waals surface area contributed by atoms with Crippen LogP contribution in [-0.4, -0.2) is 63.3 Å². The van der Waals surface area contributed by atoms with Gasteiger partial charge in [-0.2, -0.15) is 5.10 Å². The monoisotopic (exact) mass is 573 g/mol. The highest BCUT2D eigenvalue weighted by Crippen LogP contribution is 2.43. The minimum absolute atomic E-state index is 0.236. The molecule has 0 bridgehead atoms. The van der Waals surface area contributed by atoms with Crippen LogP contribution in [0.3, 0.4) is 0 Å². The van der Waals surface area contributed by atoms with Gasteiger partial charge < -0.3 is 20.1 Å². The molecule has 8 nitrogen and oxygen atoms in total. The molecule has 1 amide bonds. The number of aryl methyl sites for hydroxylation is 3. The fourth-order valence-corrected chi connectivity index (χ4v) is 6.07. The molecule has 220 valence electrons. The maximum absolute atomic E-state index is 12.3. The molecule has 1 aliphatic heterocycles. The number of rotatable bonds is 6. The van der Waals surface area contributed by atoms with Crippen LogP contribution >= 0.6 is 0 Å². The van der Waals surface area contributed by atoms with Crippen LogP contribution in [0.4, 0.5) is 11.4 Å². The number of amides is 1. The Morgan fingerprint density at radius 2 is 1.77 bits per heavy atom. The molecule has 0 radical (unpaired) electrons. The molecule has 1 atom stereocenters. The summed E-state index contributed by atoms with van der Waals surface area (Å²) in [6, 6.07) is 15.6. The van der Waals surface area contributed by atoms with E-state index in [0.29, 0.717) is 6.04 Å². The molecule has 5 aromatic rings. The predicted molar refractivity (Wildman–Crippen MR) is 177 cm³/mol. The van der Waals surface area contributed by atoms with Crippen molar-refractivity contribution in [3.8, 4) is 33.5 Å². The third kappa shape index (κ3) is 5.12. The van der Waals surface area contributed by atoms with Crippen LogP contribution in [0.1, 0.15) is 23.7 Å². The van der Waals surface area contributed by atoms with Gasteiger partial charge in [0.2, 0.25) is 5.91 Å². The zero-order chi connectivity index (χ0) is 30.4. The van der Waals surface area contributed by atoms with Gasteiger partial charge in [-0.1, -0.05) is 30.8 Å². The minimum atomic E-state index is -0.236. The number of benzene rings is 2. The molecule has 0 aliphatic carbocycles. The molecular formula is C35H39N7O. The molecule has 2 aromatic carbocycles. The van der Waals surface area contributed by atoms with Crippen LogP contribution < -0.4 is 10.2 Å². The Morgan fingerprint density at radius 3 is 2.44 bits per heavy atom. The highest BCUT2D eigenvalue weighted by atomic mass is 16.1. The highest BCUT2D eigenvalue weighted by Gasteiger charge is 2.23. The Bertz CT molecular complexity index is 1850.